The lowest BCUT2D eigenvalue weighted by Gasteiger charge is -2.24. The van der Waals surface area contributed by atoms with Crippen LogP contribution in [-0.2, 0) is 13.3 Å². The highest BCUT2D eigenvalue weighted by Crippen LogP contribution is 2.19. The summed E-state index contributed by atoms with van der Waals surface area (Å²) in [4.78, 5) is 0. The van der Waals surface area contributed by atoms with E-state index in [4.69, 9.17) is 24.9 Å². The zero-order valence-corrected chi connectivity index (χ0v) is 23.8. The molecular weight excluding hydrogens is 436 g/mol. The molecule has 0 aliphatic heterocycles. The largest absolute Gasteiger partial charge is 0.500 e. The Morgan fingerprint density at radius 2 is 0.594 bits per heavy atom. The summed E-state index contributed by atoms with van der Waals surface area (Å²) < 4.78 is 16.4. The highest BCUT2D eigenvalue weighted by molar-refractivity contribution is 6.60. The Morgan fingerprint density at radius 1 is 0.375 bits per heavy atom. The maximum atomic E-state index is 5.71. The van der Waals surface area contributed by atoms with E-state index in [0.29, 0.717) is 0 Å². The van der Waals surface area contributed by atoms with Crippen molar-refractivity contribution >= 4 is 20.4 Å². The van der Waals surface area contributed by atoms with Crippen molar-refractivity contribution in [1.82, 2.24) is 0 Å². The lowest BCUT2D eigenvalue weighted by Crippen LogP contribution is -2.42. The molecular formula is C27H57ClO3Si. The molecule has 0 fully saturated rings. The molecule has 0 aromatic heterocycles. The first-order chi connectivity index (χ1) is 15.7. The van der Waals surface area contributed by atoms with Gasteiger partial charge in [0.1, 0.15) is 0 Å². The fourth-order valence-corrected chi connectivity index (χ4v) is 6.51. The van der Waals surface area contributed by atoms with Crippen molar-refractivity contribution in [2.45, 2.75) is 147 Å². The zero-order valence-electron chi connectivity index (χ0n) is 22.1. The second-order valence-corrected chi connectivity index (χ2v) is 13.0. The van der Waals surface area contributed by atoms with E-state index in [1.54, 1.807) is 21.3 Å². The standard InChI is InChI=1S/C27H57ClO3Si/c1-29-32(30-2,31-3)27-25-23-21-19-17-15-13-11-9-7-5-4-6-8-10-12-14-16-18-20-22-24-26-28/h4-27H2,1-3H3. The smallest absolute Gasteiger partial charge is 0.377 e. The van der Waals surface area contributed by atoms with Crippen molar-refractivity contribution in [3.8, 4) is 0 Å². The van der Waals surface area contributed by atoms with Crippen LogP contribution in [0.5, 0.6) is 0 Å². The molecule has 0 aromatic rings. The van der Waals surface area contributed by atoms with Gasteiger partial charge >= 0.3 is 8.80 Å². The first-order valence-electron chi connectivity index (χ1n) is 14.0. The molecule has 0 spiro atoms. The van der Waals surface area contributed by atoms with E-state index in [2.05, 4.69) is 0 Å². The van der Waals surface area contributed by atoms with Gasteiger partial charge in [-0.2, -0.15) is 0 Å². The zero-order chi connectivity index (χ0) is 23.6. The highest BCUT2D eigenvalue weighted by Gasteiger charge is 2.36. The van der Waals surface area contributed by atoms with Crippen molar-refractivity contribution in [3.05, 3.63) is 0 Å². The van der Waals surface area contributed by atoms with Crippen LogP contribution in [0.1, 0.15) is 141 Å². The minimum Gasteiger partial charge on any atom is -0.377 e. The molecule has 0 aromatic carbocycles. The Balaban J connectivity index is 3.15. The van der Waals surface area contributed by atoms with E-state index < -0.39 is 8.80 Å². The van der Waals surface area contributed by atoms with Crippen molar-refractivity contribution in [3.63, 3.8) is 0 Å². The van der Waals surface area contributed by atoms with Crippen LogP contribution >= 0.6 is 11.6 Å². The minimum atomic E-state index is -2.34. The molecule has 0 atom stereocenters. The summed E-state index contributed by atoms with van der Waals surface area (Å²) in [6, 6.07) is 0.937. The average Bonchev–Trinajstić information content (AvgIpc) is 2.82. The first kappa shape index (κ1) is 32.4. The predicted octanol–water partition coefficient (Wildman–Crippen LogP) is 9.69. The van der Waals surface area contributed by atoms with Crippen LogP contribution in [0.25, 0.3) is 0 Å². The summed E-state index contributed by atoms with van der Waals surface area (Å²) in [5.74, 6) is 0.838. The third-order valence-electron chi connectivity index (χ3n) is 6.80. The Hall–Kier alpha value is 0.387. The van der Waals surface area contributed by atoms with E-state index in [0.717, 1.165) is 18.3 Å². The lowest BCUT2D eigenvalue weighted by atomic mass is 10.0. The van der Waals surface area contributed by atoms with Crippen LogP contribution < -0.4 is 0 Å². The molecule has 0 unspecified atom stereocenters. The van der Waals surface area contributed by atoms with Crippen LogP contribution in [-0.4, -0.2) is 36.0 Å². The van der Waals surface area contributed by atoms with Gasteiger partial charge in [0, 0.05) is 33.3 Å². The van der Waals surface area contributed by atoms with Gasteiger partial charge in [-0.25, -0.2) is 0 Å². The summed E-state index contributed by atoms with van der Waals surface area (Å²) in [5.41, 5.74) is 0. The second-order valence-electron chi connectivity index (χ2n) is 9.51. The molecule has 3 nitrogen and oxygen atoms in total. The second kappa shape index (κ2) is 26.0. The quantitative estimate of drug-likeness (QED) is 0.0648. The van der Waals surface area contributed by atoms with Gasteiger partial charge in [0.15, 0.2) is 0 Å². The number of rotatable bonds is 27. The minimum absolute atomic E-state index is 0.838. The molecule has 0 saturated heterocycles. The van der Waals surface area contributed by atoms with E-state index >= 15 is 0 Å². The van der Waals surface area contributed by atoms with Crippen LogP contribution in [0.3, 0.4) is 0 Å². The maximum Gasteiger partial charge on any atom is 0.500 e. The maximum absolute atomic E-state index is 5.71. The fourth-order valence-electron chi connectivity index (χ4n) is 4.53. The molecule has 0 aliphatic rings. The highest BCUT2D eigenvalue weighted by atomic mass is 35.5. The molecule has 194 valence electrons. The van der Waals surface area contributed by atoms with E-state index in [9.17, 15) is 0 Å². The van der Waals surface area contributed by atoms with Crippen LogP contribution in [0.15, 0.2) is 0 Å². The Bertz CT molecular complexity index is 346. The van der Waals surface area contributed by atoms with Gasteiger partial charge in [-0.15, -0.1) is 11.6 Å². The van der Waals surface area contributed by atoms with Crippen LogP contribution in [0, 0.1) is 0 Å². The van der Waals surface area contributed by atoms with E-state index in [-0.39, 0.29) is 0 Å². The lowest BCUT2D eigenvalue weighted by molar-refractivity contribution is 0.122. The van der Waals surface area contributed by atoms with Gasteiger partial charge in [0.2, 0.25) is 0 Å². The summed E-state index contributed by atoms with van der Waals surface area (Å²) in [6.07, 6.45) is 30.6. The van der Waals surface area contributed by atoms with Gasteiger partial charge in [-0.1, -0.05) is 128 Å². The van der Waals surface area contributed by atoms with Gasteiger partial charge in [-0.05, 0) is 12.8 Å². The van der Waals surface area contributed by atoms with Crippen LogP contribution in [0.2, 0.25) is 6.04 Å². The Kier molecular flexibility index (Phi) is 26.3. The first-order valence-corrected chi connectivity index (χ1v) is 16.4. The number of halogens is 1. The molecule has 0 amide bonds. The van der Waals surface area contributed by atoms with Crippen LogP contribution in [0.4, 0.5) is 0 Å². The normalized spacial score (nSPS) is 12.0. The van der Waals surface area contributed by atoms with Crippen molar-refractivity contribution < 1.29 is 13.3 Å². The summed E-state index contributed by atoms with van der Waals surface area (Å²) in [5, 5.41) is 0. The van der Waals surface area contributed by atoms with E-state index in [1.807, 2.05) is 0 Å². The summed E-state index contributed by atoms with van der Waals surface area (Å²) in [7, 11) is 2.77. The molecule has 0 radical (unpaired) electrons. The number of unbranched alkanes of at least 4 members (excludes halogenated alkanes) is 21. The molecule has 32 heavy (non-hydrogen) atoms. The van der Waals surface area contributed by atoms with Gasteiger partial charge < -0.3 is 13.3 Å². The number of hydrogen-bond donors (Lipinski definition) is 0. The SMILES string of the molecule is CO[Si](CCCCCCCCCCCCCCCCCCCCCCCCCl)(OC)OC. The molecule has 0 N–H and O–H groups in total. The van der Waals surface area contributed by atoms with E-state index in [1.165, 1.54) is 135 Å². The van der Waals surface area contributed by atoms with Crippen molar-refractivity contribution in [2.75, 3.05) is 27.2 Å². The monoisotopic (exact) mass is 492 g/mol. The Labute approximate surface area is 208 Å². The summed E-state index contributed by atoms with van der Waals surface area (Å²) in [6.45, 7) is 0. The Morgan fingerprint density at radius 3 is 0.812 bits per heavy atom. The van der Waals surface area contributed by atoms with Gasteiger partial charge in [-0.3, -0.25) is 0 Å². The van der Waals surface area contributed by atoms with Crippen molar-refractivity contribution in [1.29, 1.82) is 0 Å². The van der Waals surface area contributed by atoms with Crippen molar-refractivity contribution in [2.24, 2.45) is 0 Å². The predicted molar refractivity (Wildman–Crippen MR) is 144 cm³/mol. The topological polar surface area (TPSA) is 27.7 Å². The molecule has 5 heteroatoms. The molecule has 0 saturated carbocycles. The van der Waals surface area contributed by atoms with Gasteiger partial charge in [0.25, 0.3) is 0 Å². The number of alkyl halides is 1. The molecule has 0 rings (SSSR count). The average molecular weight is 493 g/mol. The molecule has 0 aliphatic carbocycles. The fraction of sp³-hybridized carbons (Fsp3) is 1.00. The third kappa shape index (κ3) is 21.0. The van der Waals surface area contributed by atoms with Gasteiger partial charge in [0.05, 0.1) is 0 Å². The third-order valence-corrected chi connectivity index (χ3v) is 9.90. The summed E-state index contributed by atoms with van der Waals surface area (Å²) >= 11 is 5.71. The molecule has 0 heterocycles. The number of hydrogen-bond acceptors (Lipinski definition) is 3. The molecule has 0 bridgehead atoms.